The van der Waals surface area contributed by atoms with Gasteiger partial charge in [0.15, 0.2) is 15.3 Å². The van der Waals surface area contributed by atoms with Gasteiger partial charge in [-0.1, -0.05) is 0 Å². The summed E-state index contributed by atoms with van der Waals surface area (Å²) < 4.78 is 20.3. The average molecular weight is 122 g/mol. The first-order valence-electron chi connectivity index (χ1n) is 2.02. The van der Waals surface area contributed by atoms with E-state index in [0.717, 1.165) is 0 Å². The first kappa shape index (κ1) is 5.05. The Bertz CT molecular complexity index is 157. The van der Waals surface area contributed by atoms with Crippen molar-refractivity contribution in [2.45, 2.75) is 11.9 Å². The van der Waals surface area contributed by atoms with Gasteiger partial charge < -0.3 is 5.11 Å². The van der Waals surface area contributed by atoms with E-state index in [4.69, 9.17) is 5.11 Å². The fraction of sp³-hybridized carbons (Fsp3) is 1.00. The van der Waals surface area contributed by atoms with Gasteiger partial charge in [0.25, 0.3) is 0 Å². The maximum absolute atomic E-state index is 10.2. The Kier molecular flexibility index (Phi) is 0.864. The zero-order valence-electron chi connectivity index (χ0n) is 3.66. The number of aliphatic hydroxyl groups excluding tert-OH is 1. The van der Waals surface area contributed by atoms with Gasteiger partial charge in [0.1, 0.15) is 0 Å². The van der Waals surface area contributed by atoms with Crippen molar-refractivity contribution >= 4 is 9.84 Å². The van der Waals surface area contributed by atoms with Crippen molar-refractivity contribution in [3.63, 3.8) is 0 Å². The lowest BCUT2D eigenvalue weighted by Crippen LogP contribution is -2.35. The predicted molar refractivity (Wildman–Crippen MR) is 24.4 cm³/mol. The van der Waals surface area contributed by atoms with Gasteiger partial charge in [-0.15, -0.1) is 0 Å². The second-order valence-corrected chi connectivity index (χ2v) is 3.89. The summed E-state index contributed by atoms with van der Waals surface area (Å²) in [5, 5.41) is 8.39. The van der Waals surface area contributed by atoms with Crippen LogP contribution in [0.15, 0.2) is 0 Å². The molecule has 0 aliphatic carbocycles. The minimum Gasteiger partial charge on any atom is -0.377 e. The molecule has 4 heteroatoms. The van der Waals surface area contributed by atoms with Crippen LogP contribution in [0.1, 0.15) is 6.42 Å². The zero-order valence-corrected chi connectivity index (χ0v) is 4.48. The molecule has 0 aromatic heterocycles. The van der Waals surface area contributed by atoms with Gasteiger partial charge in [0, 0.05) is 6.42 Å². The molecule has 1 aliphatic heterocycles. The summed E-state index contributed by atoms with van der Waals surface area (Å²) in [6.45, 7) is 0. The lowest BCUT2D eigenvalue weighted by molar-refractivity contribution is 0.226. The minimum atomic E-state index is -3.00. The Hall–Kier alpha value is -0.0900. The van der Waals surface area contributed by atoms with Crippen LogP contribution in [-0.4, -0.2) is 24.7 Å². The Morgan fingerprint density at radius 1 is 1.57 bits per heavy atom. The van der Waals surface area contributed by atoms with Crippen molar-refractivity contribution in [2.75, 3.05) is 5.75 Å². The highest BCUT2D eigenvalue weighted by Gasteiger charge is 2.32. The lowest BCUT2D eigenvalue weighted by atomic mass is 10.5. The van der Waals surface area contributed by atoms with E-state index in [1.54, 1.807) is 0 Å². The van der Waals surface area contributed by atoms with Gasteiger partial charge >= 0.3 is 0 Å². The third-order valence-electron chi connectivity index (χ3n) is 1.06. The fourth-order valence-corrected chi connectivity index (χ4v) is 1.25. The molecule has 1 fully saturated rings. The molecule has 0 amide bonds. The quantitative estimate of drug-likeness (QED) is 0.454. The molecule has 0 aromatic carbocycles. The molecule has 0 spiro atoms. The molecule has 0 radical (unpaired) electrons. The van der Waals surface area contributed by atoms with Crippen LogP contribution in [0.25, 0.3) is 0 Å². The summed E-state index contributed by atoms with van der Waals surface area (Å²) in [5.74, 6) is 0.161. The Morgan fingerprint density at radius 3 is 2.00 bits per heavy atom. The Balaban J connectivity index is 2.79. The second kappa shape index (κ2) is 1.20. The van der Waals surface area contributed by atoms with E-state index >= 15 is 0 Å². The molecule has 1 aliphatic rings. The Labute approximate surface area is 41.9 Å². The molecule has 42 valence electrons. The van der Waals surface area contributed by atoms with Gasteiger partial charge in [-0.2, -0.15) is 0 Å². The maximum Gasteiger partial charge on any atom is 0.176 e. The van der Waals surface area contributed by atoms with Crippen molar-refractivity contribution < 1.29 is 13.5 Å². The van der Waals surface area contributed by atoms with E-state index in [1.807, 2.05) is 0 Å². The van der Waals surface area contributed by atoms with Crippen LogP contribution in [0.5, 0.6) is 0 Å². The van der Waals surface area contributed by atoms with E-state index < -0.39 is 15.3 Å². The van der Waals surface area contributed by atoms with E-state index in [9.17, 15) is 8.42 Å². The standard InChI is InChI=1S/C3H6O3S/c4-3-1-2-7(3,5)6/h3-4H,1-2H2. The fourth-order valence-electron chi connectivity index (χ4n) is 0.416. The van der Waals surface area contributed by atoms with Crippen molar-refractivity contribution in [1.29, 1.82) is 0 Å². The first-order chi connectivity index (χ1) is 3.13. The van der Waals surface area contributed by atoms with Gasteiger partial charge in [-0.3, -0.25) is 0 Å². The SMILES string of the molecule is O=S1(=O)CCC1O. The summed E-state index contributed by atoms with van der Waals surface area (Å²) in [6, 6.07) is 0. The van der Waals surface area contributed by atoms with Gasteiger partial charge in [-0.25, -0.2) is 8.42 Å². The van der Waals surface area contributed by atoms with Crippen LogP contribution < -0.4 is 0 Å². The number of hydrogen-bond acceptors (Lipinski definition) is 3. The van der Waals surface area contributed by atoms with Gasteiger partial charge in [0.05, 0.1) is 5.75 Å². The molecular weight excluding hydrogens is 116 g/mol. The highest BCUT2D eigenvalue weighted by molar-refractivity contribution is 7.93. The summed E-state index contributed by atoms with van der Waals surface area (Å²) in [6.07, 6.45) is 0.419. The van der Waals surface area contributed by atoms with Gasteiger partial charge in [-0.05, 0) is 0 Å². The molecule has 1 unspecified atom stereocenters. The largest absolute Gasteiger partial charge is 0.377 e. The molecule has 1 heterocycles. The van der Waals surface area contributed by atoms with Crippen LogP contribution in [0.4, 0.5) is 0 Å². The van der Waals surface area contributed by atoms with Gasteiger partial charge in [0.2, 0.25) is 0 Å². The molecule has 0 aromatic rings. The summed E-state index contributed by atoms with van der Waals surface area (Å²) in [7, 11) is -3.00. The summed E-state index contributed by atoms with van der Waals surface area (Å²) in [4.78, 5) is 0. The highest BCUT2D eigenvalue weighted by atomic mass is 32.2. The monoisotopic (exact) mass is 122 g/mol. The van der Waals surface area contributed by atoms with Crippen LogP contribution >= 0.6 is 0 Å². The van der Waals surface area contributed by atoms with Crippen molar-refractivity contribution in [2.24, 2.45) is 0 Å². The minimum absolute atomic E-state index is 0.161. The van der Waals surface area contributed by atoms with Crippen LogP contribution in [0, 0.1) is 0 Å². The number of rotatable bonds is 0. The normalized spacial score (nSPS) is 37.0. The number of hydrogen-bond donors (Lipinski definition) is 1. The molecule has 3 nitrogen and oxygen atoms in total. The van der Waals surface area contributed by atoms with Crippen LogP contribution in [0.3, 0.4) is 0 Å². The number of aliphatic hydroxyl groups is 1. The molecule has 1 rings (SSSR count). The summed E-state index contributed by atoms with van der Waals surface area (Å²) >= 11 is 0. The molecular formula is C3H6O3S. The van der Waals surface area contributed by atoms with Crippen LogP contribution in [-0.2, 0) is 9.84 Å². The van der Waals surface area contributed by atoms with E-state index in [0.29, 0.717) is 6.42 Å². The average Bonchev–Trinajstić information content (AvgIpc) is 1.63. The Morgan fingerprint density at radius 2 is 2.00 bits per heavy atom. The van der Waals surface area contributed by atoms with E-state index in [2.05, 4.69) is 0 Å². The predicted octanol–water partition coefficient (Wildman–Crippen LogP) is -0.877. The molecule has 7 heavy (non-hydrogen) atoms. The molecule has 1 N–H and O–H groups in total. The lowest BCUT2D eigenvalue weighted by Gasteiger charge is -2.19. The van der Waals surface area contributed by atoms with Crippen molar-refractivity contribution in [3.05, 3.63) is 0 Å². The number of sulfone groups is 1. The second-order valence-electron chi connectivity index (χ2n) is 1.61. The van der Waals surface area contributed by atoms with Crippen LogP contribution in [0.2, 0.25) is 0 Å². The zero-order chi connectivity index (χ0) is 5.49. The van der Waals surface area contributed by atoms with Crippen molar-refractivity contribution in [1.82, 2.24) is 0 Å². The van der Waals surface area contributed by atoms with E-state index in [1.165, 1.54) is 0 Å². The third kappa shape index (κ3) is 0.637. The first-order valence-corrected chi connectivity index (χ1v) is 3.74. The van der Waals surface area contributed by atoms with E-state index in [-0.39, 0.29) is 5.75 Å². The van der Waals surface area contributed by atoms with Crippen molar-refractivity contribution in [3.8, 4) is 0 Å². The molecule has 0 saturated carbocycles. The molecule has 0 bridgehead atoms. The topological polar surface area (TPSA) is 54.4 Å². The highest BCUT2D eigenvalue weighted by Crippen LogP contribution is 2.16. The maximum atomic E-state index is 10.2. The summed E-state index contributed by atoms with van der Waals surface area (Å²) in [5.41, 5.74) is -1.05. The molecule has 1 atom stereocenters. The third-order valence-corrected chi connectivity index (χ3v) is 2.93. The molecule has 1 saturated heterocycles. The smallest absolute Gasteiger partial charge is 0.176 e.